The molecule has 0 bridgehead atoms. The summed E-state index contributed by atoms with van der Waals surface area (Å²) in [6.45, 7) is 3.86. The number of amides is 1. The number of thioether (sulfide) groups is 1. The third kappa shape index (κ3) is 3.85. The minimum Gasteiger partial charge on any atom is -0.495 e. The average Bonchev–Trinajstić information content (AvgIpc) is 2.96. The molecule has 0 spiro atoms. The van der Waals surface area contributed by atoms with Crippen molar-refractivity contribution in [1.29, 1.82) is 0 Å². The Balaban J connectivity index is 1.68. The van der Waals surface area contributed by atoms with Crippen LogP contribution in [0.15, 0.2) is 29.4 Å². The van der Waals surface area contributed by atoms with Crippen LogP contribution in [0.1, 0.15) is 11.4 Å². The van der Waals surface area contributed by atoms with E-state index in [1.807, 2.05) is 24.3 Å². The molecular formula is C16H16ClN5O2S. The summed E-state index contributed by atoms with van der Waals surface area (Å²) in [5.74, 6) is 1.11. The van der Waals surface area contributed by atoms with Crippen LogP contribution in [0, 0.1) is 13.8 Å². The minimum atomic E-state index is -0.166. The molecule has 3 rings (SSSR count). The van der Waals surface area contributed by atoms with Crippen molar-refractivity contribution in [3.63, 3.8) is 0 Å². The number of halogens is 1. The Hall–Kier alpha value is -2.32. The molecule has 3 aromatic rings. The standard InChI is InChI=1S/C16H16ClN5O2S/c1-9-6-10(2)22-15(18-9)20-21-16(22)25-8-14(23)19-11-4-5-13(24-3)12(17)7-11/h4-7H,8H2,1-3H3,(H,19,23). The molecule has 25 heavy (non-hydrogen) atoms. The molecule has 0 radical (unpaired) electrons. The van der Waals surface area contributed by atoms with Crippen molar-refractivity contribution in [3.05, 3.63) is 40.7 Å². The van der Waals surface area contributed by atoms with Gasteiger partial charge < -0.3 is 10.1 Å². The van der Waals surface area contributed by atoms with Gasteiger partial charge in [0.05, 0.1) is 17.9 Å². The first-order valence-corrected chi connectivity index (χ1v) is 8.80. The Morgan fingerprint density at radius 3 is 2.84 bits per heavy atom. The molecule has 130 valence electrons. The molecule has 0 saturated carbocycles. The predicted molar refractivity (Wildman–Crippen MR) is 97.6 cm³/mol. The molecule has 0 unspecified atom stereocenters. The lowest BCUT2D eigenvalue weighted by Gasteiger charge is -2.08. The fourth-order valence-electron chi connectivity index (χ4n) is 2.37. The Morgan fingerprint density at radius 1 is 1.32 bits per heavy atom. The van der Waals surface area contributed by atoms with Gasteiger partial charge in [0.25, 0.3) is 5.78 Å². The van der Waals surface area contributed by atoms with Crippen LogP contribution < -0.4 is 10.1 Å². The maximum Gasteiger partial charge on any atom is 0.256 e. The van der Waals surface area contributed by atoms with Gasteiger partial charge >= 0.3 is 0 Å². The van der Waals surface area contributed by atoms with Crippen molar-refractivity contribution in [2.45, 2.75) is 19.0 Å². The van der Waals surface area contributed by atoms with E-state index >= 15 is 0 Å². The number of nitrogens with zero attached hydrogens (tertiary/aromatic N) is 4. The molecule has 1 N–H and O–H groups in total. The van der Waals surface area contributed by atoms with E-state index in [-0.39, 0.29) is 11.7 Å². The highest BCUT2D eigenvalue weighted by molar-refractivity contribution is 7.99. The van der Waals surface area contributed by atoms with E-state index in [1.54, 1.807) is 18.2 Å². The first kappa shape index (κ1) is 17.5. The summed E-state index contributed by atoms with van der Waals surface area (Å²) in [5, 5.41) is 12.0. The fraction of sp³-hybridized carbons (Fsp3) is 0.250. The normalized spacial score (nSPS) is 10.9. The van der Waals surface area contributed by atoms with E-state index in [2.05, 4.69) is 20.5 Å². The van der Waals surface area contributed by atoms with Gasteiger partial charge in [-0.2, -0.15) is 0 Å². The maximum absolute atomic E-state index is 12.2. The topological polar surface area (TPSA) is 81.4 Å². The highest BCUT2D eigenvalue weighted by Gasteiger charge is 2.13. The Bertz CT molecular complexity index is 944. The number of methoxy groups -OCH3 is 1. The largest absolute Gasteiger partial charge is 0.495 e. The van der Waals surface area contributed by atoms with Crippen LogP contribution in [0.3, 0.4) is 0 Å². The number of carbonyl (C=O) groups is 1. The van der Waals surface area contributed by atoms with Crippen LogP contribution in [0.5, 0.6) is 5.75 Å². The van der Waals surface area contributed by atoms with Gasteiger partial charge in [0.2, 0.25) is 5.91 Å². The zero-order valence-electron chi connectivity index (χ0n) is 13.9. The summed E-state index contributed by atoms with van der Waals surface area (Å²) in [6, 6.07) is 7.02. The highest BCUT2D eigenvalue weighted by atomic mass is 35.5. The van der Waals surface area contributed by atoms with Crippen LogP contribution >= 0.6 is 23.4 Å². The number of aromatic nitrogens is 4. The Labute approximate surface area is 153 Å². The lowest BCUT2D eigenvalue weighted by atomic mass is 10.3. The van der Waals surface area contributed by atoms with E-state index in [0.29, 0.717) is 27.4 Å². The number of hydrogen-bond acceptors (Lipinski definition) is 6. The number of carbonyl (C=O) groups excluding carboxylic acids is 1. The second-order valence-electron chi connectivity index (χ2n) is 5.34. The van der Waals surface area contributed by atoms with E-state index in [4.69, 9.17) is 16.3 Å². The SMILES string of the molecule is COc1ccc(NC(=O)CSc2nnc3nc(C)cc(C)n23)cc1Cl. The lowest BCUT2D eigenvalue weighted by Crippen LogP contribution is -2.14. The molecule has 2 aromatic heterocycles. The first-order valence-electron chi connectivity index (χ1n) is 7.43. The molecule has 0 saturated heterocycles. The van der Waals surface area contributed by atoms with E-state index in [1.165, 1.54) is 18.9 Å². The number of hydrogen-bond donors (Lipinski definition) is 1. The summed E-state index contributed by atoms with van der Waals surface area (Å²) in [5.41, 5.74) is 2.45. The van der Waals surface area contributed by atoms with Gasteiger partial charge in [-0.1, -0.05) is 23.4 Å². The molecule has 9 heteroatoms. The van der Waals surface area contributed by atoms with Gasteiger partial charge in [-0.25, -0.2) is 4.98 Å². The van der Waals surface area contributed by atoms with Gasteiger partial charge in [0.15, 0.2) is 5.16 Å². The fourth-order valence-corrected chi connectivity index (χ4v) is 3.41. The highest BCUT2D eigenvalue weighted by Crippen LogP contribution is 2.27. The number of ether oxygens (including phenoxy) is 1. The van der Waals surface area contributed by atoms with E-state index in [9.17, 15) is 4.79 Å². The Kier molecular flexibility index (Phi) is 5.10. The van der Waals surface area contributed by atoms with Crippen molar-refractivity contribution >= 4 is 40.7 Å². The number of anilines is 1. The van der Waals surface area contributed by atoms with Crippen molar-refractivity contribution in [2.75, 3.05) is 18.2 Å². The molecular weight excluding hydrogens is 362 g/mol. The molecule has 1 amide bonds. The first-order chi connectivity index (χ1) is 12.0. The van der Waals surface area contributed by atoms with Gasteiger partial charge in [0, 0.05) is 17.1 Å². The van der Waals surface area contributed by atoms with Crippen LogP contribution in [-0.4, -0.2) is 38.4 Å². The van der Waals surface area contributed by atoms with Gasteiger partial charge in [-0.15, -0.1) is 10.2 Å². The molecule has 0 aliphatic heterocycles. The van der Waals surface area contributed by atoms with E-state index < -0.39 is 0 Å². The van der Waals surface area contributed by atoms with Crippen LogP contribution in [0.4, 0.5) is 5.69 Å². The van der Waals surface area contributed by atoms with E-state index in [0.717, 1.165) is 11.4 Å². The molecule has 7 nitrogen and oxygen atoms in total. The quantitative estimate of drug-likeness (QED) is 0.688. The number of benzene rings is 1. The zero-order chi connectivity index (χ0) is 18.0. The van der Waals surface area contributed by atoms with Crippen molar-refractivity contribution in [3.8, 4) is 5.75 Å². The lowest BCUT2D eigenvalue weighted by molar-refractivity contribution is -0.113. The molecule has 0 aliphatic rings. The number of rotatable bonds is 5. The van der Waals surface area contributed by atoms with Crippen molar-refractivity contribution < 1.29 is 9.53 Å². The summed E-state index contributed by atoms with van der Waals surface area (Å²) >= 11 is 7.35. The summed E-state index contributed by atoms with van der Waals surface area (Å²) in [7, 11) is 1.54. The van der Waals surface area contributed by atoms with Crippen molar-refractivity contribution in [2.24, 2.45) is 0 Å². The number of aryl methyl sites for hydroxylation is 2. The van der Waals surface area contributed by atoms with Gasteiger partial charge in [-0.05, 0) is 38.1 Å². The number of fused-ring (bicyclic) bond motifs is 1. The Morgan fingerprint density at radius 2 is 2.12 bits per heavy atom. The average molecular weight is 378 g/mol. The van der Waals surface area contributed by atoms with Crippen LogP contribution in [-0.2, 0) is 4.79 Å². The third-order valence-corrected chi connectivity index (χ3v) is 4.66. The third-order valence-electron chi connectivity index (χ3n) is 3.43. The second kappa shape index (κ2) is 7.28. The van der Waals surface area contributed by atoms with Crippen LogP contribution in [0.2, 0.25) is 5.02 Å². The van der Waals surface area contributed by atoms with Gasteiger partial charge in [-0.3, -0.25) is 9.20 Å². The molecule has 0 fully saturated rings. The monoisotopic (exact) mass is 377 g/mol. The molecule has 1 aromatic carbocycles. The number of nitrogens with one attached hydrogen (secondary N) is 1. The van der Waals surface area contributed by atoms with Gasteiger partial charge in [0.1, 0.15) is 5.75 Å². The molecule has 0 atom stereocenters. The summed E-state index contributed by atoms with van der Waals surface area (Å²) in [6.07, 6.45) is 0. The van der Waals surface area contributed by atoms with Crippen molar-refractivity contribution in [1.82, 2.24) is 19.6 Å². The second-order valence-corrected chi connectivity index (χ2v) is 6.69. The summed E-state index contributed by atoms with van der Waals surface area (Å²) in [4.78, 5) is 16.5. The van der Waals surface area contributed by atoms with Crippen LogP contribution in [0.25, 0.3) is 5.78 Å². The smallest absolute Gasteiger partial charge is 0.256 e. The molecule has 2 heterocycles. The maximum atomic E-state index is 12.2. The summed E-state index contributed by atoms with van der Waals surface area (Å²) < 4.78 is 6.92. The molecule has 0 aliphatic carbocycles. The minimum absolute atomic E-state index is 0.166. The zero-order valence-corrected chi connectivity index (χ0v) is 15.5. The predicted octanol–water partition coefficient (Wildman–Crippen LogP) is 3.13.